The quantitative estimate of drug-likeness (QED) is 0.921. The van der Waals surface area contributed by atoms with E-state index in [4.69, 9.17) is 0 Å². The summed E-state index contributed by atoms with van der Waals surface area (Å²) in [5, 5.41) is 10.0. The molecule has 0 aromatic carbocycles. The number of carbonyl (C=O) groups excluding carboxylic acids is 1. The predicted molar refractivity (Wildman–Crippen MR) is 72.9 cm³/mol. The molecule has 0 saturated heterocycles. The Bertz CT molecular complexity index is 644. The third-order valence-corrected chi connectivity index (χ3v) is 2.76. The maximum absolute atomic E-state index is 12.4. The summed E-state index contributed by atoms with van der Waals surface area (Å²) in [6, 6.07) is 2.46. The molecule has 0 aliphatic heterocycles. The van der Waals surface area contributed by atoms with Gasteiger partial charge in [-0.05, 0) is 12.0 Å². The second kappa shape index (κ2) is 6.20. The van der Waals surface area contributed by atoms with Gasteiger partial charge in [0.2, 0.25) is 5.91 Å². The normalized spacial score (nSPS) is 11.9. The molecule has 6 nitrogen and oxygen atoms in total. The first-order chi connectivity index (χ1) is 10.3. The number of rotatable bonds is 5. The molecule has 2 rings (SSSR count). The van der Waals surface area contributed by atoms with Gasteiger partial charge in [-0.2, -0.15) is 23.4 Å². The first kappa shape index (κ1) is 16.1. The fourth-order valence-electron chi connectivity index (χ4n) is 1.86. The summed E-state index contributed by atoms with van der Waals surface area (Å²) in [6.07, 6.45) is -1.85. The van der Waals surface area contributed by atoms with Crippen molar-refractivity contribution in [2.45, 2.75) is 33.1 Å². The van der Waals surface area contributed by atoms with Crippen molar-refractivity contribution in [3.05, 3.63) is 30.2 Å². The summed E-state index contributed by atoms with van der Waals surface area (Å²) < 4.78 is 39.9. The van der Waals surface area contributed by atoms with Crippen LogP contribution in [0.3, 0.4) is 0 Å². The average Bonchev–Trinajstić information content (AvgIpc) is 2.98. The zero-order valence-electron chi connectivity index (χ0n) is 12.1. The monoisotopic (exact) mass is 315 g/mol. The van der Waals surface area contributed by atoms with Crippen LogP contribution in [-0.4, -0.2) is 25.5 Å². The highest BCUT2D eigenvalue weighted by Crippen LogP contribution is 2.27. The fourth-order valence-corrected chi connectivity index (χ4v) is 1.86. The largest absolute Gasteiger partial charge is 0.435 e. The maximum atomic E-state index is 12.4. The lowest BCUT2D eigenvalue weighted by Crippen LogP contribution is -2.22. The molecule has 1 amide bonds. The van der Waals surface area contributed by atoms with Crippen LogP contribution in [0.25, 0.3) is 0 Å². The van der Waals surface area contributed by atoms with E-state index in [1.54, 1.807) is 16.9 Å². The number of alkyl halides is 3. The van der Waals surface area contributed by atoms with Crippen molar-refractivity contribution in [2.75, 3.05) is 5.32 Å². The molecular weight excluding hydrogens is 299 g/mol. The van der Waals surface area contributed by atoms with Gasteiger partial charge in [-0.3, -0.25) is 9.48 Å². The van der Waals surface area contributed by atoms with Gasteiger partial charge in [-0.25, -0.2) is 4.68 Å². The van der Waals surface area contributed by atoms with Crippen molar-refractivity contribution < 1.29 is 18.0 Å². The number of halogens is 3. The Balaban J connectivity index is 1.99. The lowest BCUT2D eigenvalue weighted by atomic mass is 10.2. The minimum absolute atomic E-state index is 0.303. The molecule has 9 heteroatoms. The topological polar surface area (TPSA) is 64.7 Å². The van der Waals surface area contributed by atoms with Crippen LogP contribution in [0.15, 0.2) is 24.5 Å². The lowest BCUT2D eigenvalue weighted by Gasteiger charge is -2.11. The molecule has 22 heavy (non-hydrogen) atoms. The molecule has 0 aliphatic carbocycles. The molecular formula is C13H16F3N5O. The molecule has 0 radical (unpaired) electrons. The van der Waals surface area contributed by atoms with Gasteiger partial charge < -0.3 is 5.32 Å². The molecule has 2 heterocycles. The van der Waals surface area contributed by atoms with Crippen LogP contribution in [0.1, 0.15) is 19.5 Å². The Kier molecular flexibility index (Phi) is 4.53. The highest BCUT2D eigenvalue weighted by atomic mass is 19.4. The maximum Gasteiger partial charge on any atom is 0.435 e. The smallest absolute Gasteiger partial charge is 0.309 e. The van der Waals surface area contributed by atoms with Crippen molar-refractivity contribution in [1.29, 1.82) is 0 Å². The van der Waals surface area contributed by atoms with Crippen LogP contribution in [-0.2, 0) is 24.1 Å². The summed E-state index contributed by atoms with van der Waals surface area (Å²) in [4.78, 5) is 11.9. The Morgan fingerprint density at radius 3 is 2.68 bits per heavy atom. The van der Waals surface area contributed by atoms with Crippen molar-refractivity contribution >= 4 is 11.7 Å². The molecule has 120 valence electrons. The number of amides is 1. The van der Waals surface area contributed by atoms with Crippen LogP contribution in [0, 0.1) is 5.92 Å². The summed E-state index contributed by atoms with van der Waals surface area (Å²) in [6.45, 7) is 4.34. The third-order valence-electron chi connectivity index (χ3n) is 2.76. The zero-order chi connectivity index (χ0) is 16.3. The van der Waals surface area contributed by atoms with E-state index in [0.717, 1.165) is 16.9 Å². The van der Waals surface area contributed by atoms with E-state index in [2.05, 4.69) is 15.5 Å². The van der Waals surface area contributed by atoms with E-state index in [-0.39, 0.29) is 6.54 Å². The number of hydrogen-bond donors (Lipinski definition) is 1. The minimum Gasteiger partial charge on any atom is -0.309 e. The van der Waals surface area contributed by atoms with E-state index < -0.39 is 17.8 Å². The van der Waals surface area contributed by atoms with Crippen LogP contribution in [0.4, 0.5) is 19.0 Å². The first-order valence-electron chi connectivity index (χ1n) is 6.68. The molecule has 1 N–H and O–H groups in total. The number of anilines is 1. The van der Waals surface area contributed by atoms with Gasteiger partial charge in [0, 0.05) is 18.8 Å². The predicted octanol–water partition coefficient (Wildman–Crippen LogP) is 2.39. The van der Waals surface area contributed by atoms with E-state index in [0.29, 0.717) is 18.3 Å². The lowest BCUT2D eigenvalue weighted by molar-refractivity contribution is -0.141. The standard InChI is InChI=1S/C13H16F3N5O/c1-9(2)7-21-11(3-5-17-21)18-12(22)8-20-6-4-10(19-20)13(14,15)16/h3-6,9H,7-8H2,1-2H3,(H,18,22). The molecule has 0 bridgehead atoms. The Labute approximate surface area is 124 Å². The van der Waals surface area contributed by atoms with Gasteiger partial charge >= 0.3 is 6.18 Å². The van der Waals surface area contributed by atoms with Crippen molar-refractivity contribution in [3.63, 3.8) is 0 Å². The number of carbonyl (C=O) groups is 1. The molecule has 0 unspecified atom stereocenters. The van der Waals surface area contributed by atoms with E-state index in [1.165, 1.54) is 0 Å². The zero-order valence-corrected chi connectivity index (χ0v) is 12.1. The highest BCUT2D eigenvalue weighted by molar-refractivity contribution is 5.89. The van der Waals surface area contributed by atoms with Gasteiger partial charge in [-0.15, -0.1) is 0 Å². The number of hydrogen-bond acceptors (Lipinski definition) is 3. The van der Waals surface area contributed by atoms with E-state index in [9.17, 15) is 18.0 Å². The summed E-state index contributed by atoms with van der Waals surface area (Å²) in [7, 11) is 0. The van der Waals surface area contributed by atoms with E-state index >= 15 is 0 Å². The molecule has 0 fully saturated rings. The Morgan fingerprint density at radius 2 is 2.09 bits per heavy atom. The number of aromatic nitrogens is 4. The molecule has 0 aliphatic rings. The molecule has 0 atom stereocenters. The molecule has 0 saturated carbocycles. The van der Waals surface area contributed by atoms with Crippen LogP contribution in [0.5, 0.6) is 0 Å². The van der Waals surface area contributed by atoms with Gasteiger partial charge in [-0.1, -0.05) is 13.8 Å². The van der Waals surface area contributed by atoms with Gasteiger partial charge in [0.15, 0.2) is 5.69 Å². The first-order valence-corrected chi connectivity index (χ1v) is 6.68. The number of nitrogens with zero attached hydrogens (tertiary/aromatic N) is 4. The second-order valence-corrected chi connectivity index (χ2v) is 5.24. The molecule has 0 spiro atoms. The number of nitrogens with one attached hydrogen (secondary N) is 1. The van der Waals surface area contributed by atoms with Gasteiger partial charge in [0.05, 0.1) is 6.20 Å². The minimum atomic E-state index is -4.52. The third kappa shape index (κ3) is 4.09. The Morgan fingerprint density at radius 1 is 1.36 bits per heavy atom. The summed E-state index contributed by atoms with van der Waals surface area (Å²) >= 11 is 0. The SMILES string of the molecule is CC(C)Cn1nccc1NC(=O)Cn1ccc(C(F)(F)F)n1. The highest BCUT2D eigenvalue weighted by Gasteiger charge is 2.33. The van der Waals surface area contributed by atoms with E-state index in [1.807, 2.05) is 13.8 Å². The summed E-state index contributed by atoms with van der Waals surface area (Å²) in [5.41, 5.74) is -1.02. The summed E-state index contributed by atoms with van der Waals surface area (Å²) in [5.74, 6) is 0.375. The second-order valence-electron chi connectivity index (χ2n) is 5.24. The van der Waals surface area contributed by atoms with Crippen molar-refractivity contribution in [3.8, 4) is 0 Å². The van der Waals surface area contributed by atoms with Crippen molar-refractivity contribution in [1.82, 2.24) is 19.6 Å². The van der Waals surface area contributed by atoms with Crippen LogP contribution < -0.4 is 5.32 Å². The average molecular weight is 315 g/mol. The molecule has 2 aromatic rings. The van der Waals surface area contributed by atoms with Gasteiger partial charge in [0.1, 0.15) is 12.4 Å². The van der Waals surface area contributed by atoms with Crippen molar-refractivity contribution in [2.24, 2.45) is 5.92 Å². The van der Waals surface area contributed by atoms with Crippen LogP contribution >= 0.6 is 0 Å². The molecule has 2 aromatic heterocycles. The fraction of sp³-hybridized carbons (Fsp3) is 0.462. The van der Waals surface area contributed by atoms with Gasteiger partial charge in [0.25, 0.3) is 0 Å². The van der Waals surface area contributed by atoms with Crippen LogP contribution in [0.2, 0.25) is 0 Å². The Hall–Kier alpha value is -2.32.